The van der Waals surface area contributed by atoms with Crippen LogP contribution >= 0.6 is 0 Å². The second kappa shape index (κ2) is 7.83. The molecule has 5 nitrogen and oxygen atoms in total. The van der Waals surface area contributed by atoms with Crippen molar-refractivity contribution in [3.05, 3.63) is 0 Å². The smallest absolute Gasteiger partial charge is 0.317 e. The van der Waals surface area contributed by atoms with E-state index in [0.717, 1.165) is 45.1 Å². The third-order valence-corrected chi connectivity index (χ3v) is 7.04. The first-order chi connectivity index (χ1) is 12.2. The zero-order valence-electron chi connectivity index (χ0n) is 15.8. The highest BCUT2D eigenvalue weighted by atomic mass is 16.5. The van der Waals surface area contributed by atoms with Crippen LogP contribution in [-0.4, -0.2) is 66.8 Å². The van der Waals surface area contributed by atoms with Crippen LogP contribution in [-0.2, 0) is 4.74 Å². The Morgan fingerprint density at radius 2 is 1.96 bits per heavy atom. The van der Waals surface area contributed by atoms with Crippen LogP contribution in [0, 0.1) is 11.8 Å². The molecule has 142 valence electrons. The van der Waals surface area contributed by atoms with E-state index in [1.165, 1.54) is 44.9 Å². The van der Waals surface area contributed by atoms with E-state index in [1.807, 2.05) is 0 Å². The molecule has 0 bridgehead atoms. The van der Waals surface area contributed by atoms with Gasteiger partial charge in [-0.05, 0) is 56.8 Å². The van der Waals surface area contributed by atoms with Gasteiger partial charge in [-0.1, -0.05) is 13.3 Å². The third kappa shape index (κ3) is 3.97. The molecule has 1 saturated carbocycles. The summed E-state index contributed by atoms with van der Waals surface area (Å²) in [5.41, 5.74) is 0. The zero-order chi connectivity index (χ0) is 17.2. The number of nitrogens with zero attached hydrogens (tertiary/aromatic N) is 2. The number of urea groups is 1. The summed E-state index contributed by atoms with van der Waals surface area (Å²) in [4.78, 5) is 17.6. The van der Waals surface area contributed by atoms with Gasteiger partial charge in [-0.3, -0.25) is 0 Å². The van der Waals surface area contributed by atoms with Crippen LogP contribution in [0.3, 0.4) is 0 Å². The maximum atomic E-state index is 12.9. The Labute approximate surface area is 152 Å². The Kier molecular flexibility index (Phi) is 5.51. The summed E-state index contributed by atoms with van der Waals surface area (Å²) in [6.45, 7) is 7.42. The first kappa shape index (κ1) is 17.6. The lowest BCUT2D eigenvalue weighted by atomic mass is 9.79. The van der Waals surface area contributed by atoms with Crippen molar-refractivity contribution in [2.45, 2.75) is 76.5 Å². The Bertz CT molecular complexity index is 462. The fraction of sp³-hybridized carbons (Fsp3) is 0.950. The summed E-state index contributed by atoms with van der Waals surface area (Å²) in [5, 5.41) is 3.39. The minimum absolute atomic E-state index is 0.207. The average molecular weight is 350 g/mol. The van der Waals surface area contributed by atoms with Crippen LogP contribution in [0.15, 0.2) is 0 Å². The molecule has 1 aliphatic carbocycles. The van der Waals surface area contributed by atoms with Crippen LogP contribution in [0.1, 0.15) is 58.3 Å². The van der Waals surface area contributed by atoms with Gasteiger partial charge < -0.3 is 19.9 Å². The van der Waals surface area contributed by atoms with Crippen molar-refractivity contribution >= 4 is 6.03 Å². The summed E-state index contributed by atoms with van der Waals surface area (Å²) in [7, 11) is 0. The van der Waals surface area contributed by atoms with Crippen molar-refractivity contribution in [3.63, 3.8) is 0 Å². The molecule has 5 heteroatoms. The van der Waals surface area contributed by atoms with Gasteiger partial charge in [0, 0.05) is 44.9 Å². The molecule has 25 heavy (non-hydrogen) atoms. The highest BCUT2D eigenvalue weighted by Gasteiger charge is 2.38. The molecule has 3 aliphatic heterocycles. The molecule has 3 heterocycles. The molecule has 4 rings (SSSR count). The van der Waals surface area contributed by atoms with E-state index in [2.05, 4.69) is 22.0 Å². The monoisotopic (exact) mass is 349 g/mol. The van der Waals surface area contributed by atoms with Crippen molar-refractivity contribution < 1.29 is 9.53 Å². The quantitative estimate of drug-likeness (QED) is 0.849. The number of carbonyl (C=O) groups is 1. The van der Waals surface area contributed by atoms with Gasteiger partial charge in [-0.2, -0.15) is 0 Å². The van der Waals surface area contributed by atoms with Crippen molar-refractivity contribution in [2.75, 3.05) is 32.8 Å². The number of amides is 2. The molecular weight excluding hydrogens is 314 g/mol. The van der Waals surface area contributed by atoms with Gasteiger partial charge in [-0.15, -0.1) is 0 Å². The molecule has 2 amide bonds. The minimum Gasteiger partial charge on any atom is -0.377 e. The van der Waals surface area contributed by atoms with Crippen molar-refractivity contribution in [1.29, 1.82) is 0 Å². The van der Waals surface area contributed by atoms with E-state index in [9.17, 15) is 4.79 Å². The first-order valence-electron chi connectivity index (χ1n) is 10.6. The summed E-state index contributed by atoms with van der Waals surface area (Å²) in [5.74, 6) is 1.29. The van der Waals surface area contributed by atoms with Gasteiger partial charge in [0.05, 0.1) is 6.10 Å². The summed E-state index contributed by atoms with van der Waals surface area (Å²) >= 11 is 0. The van der Waals surface area contributed by atoms with Crippen LogP contribution in [0.4, 0.5) is 4.79 Å². The lowest BCUT2D eigenvalue weighted by molar-refractivity contribution is 0.0510. The molecule has 0 aromatic heterocycles. The molecule has 4 fully saturated rings. The Hall–Kier alpha value is -0.810. The predicted molar refractivity (Wildman–Crippen MR) is 98.6 cm³/mol. The fourth-order valence-electron chi connectivity index (χ4n) is 5.29. The zero-order valence-corrected chi connectivity index (χ0v) is 15.8. The highest BCUT2D eigenvalue weighted by molar-refractivity contribution is 5.75. The molecule has 0 radical (unpaired) electrons. The molecule has 4 atom stereocenters. The summed E-state index contributed by atoms with van der Waals surface area (Å²) in [6.07, 6.45) is 10.3. The van der Waals surface area contributed by atoms with E-state index in [1.54, 1.807) is 0 Å². The number of piperidine rings is 1. The van der Waals surface area contributed by atoms with Crippen LogP contribution in [0.25, 0.3) is 0 Å². The van der Waals surface area contributed by atoms with E-state index < -0.39 is 0 Å². The number of likely N-dealkylation sites (tertiary alicyclic amines) is 2. The first-order valence-corrected chi connectivity index (χ1v) is 10.6. The minimum atomic E-state index is 0.207. The molecule has 1 N–H and O–H groups in total. The highest BCUT2D eigenvalue weighted by Crippen LogP contribution is 2.37. The Morgan fingerprint density at radius 1 is 1.08 bits per heavy atom. The average Bonchev–Trinajstić information content (AvgIpc) is 3.20. The fourth-order valence-corrected chi connectivity index (χ4v) is 5.29. The Balaban J connectivity index is 1.25. The SMILES string of the molecule is C[C@@H]1CN(C[C@@H]2CCCO2)CC[C@@H]1NC(=O)N1CCC[C@@H]1C1CCC1. The van der Waals surface area contributed by atoms with Gasteiger partial charge in [0.25, 0.3) is 0 Å². The molecule has 4 aliphatic rings. The van der Waals surface area contributed by atoms with Gasteiger partial charge in [0.15, 0.2) is 0 Å². The number of ether oxygens (including phenoxy) is 1. The van der Waals surface area contributed by atoms with Crippen molar-refractivity contribution in [3.8, 4) is 0 Å². The van der Waals surface area contributed by atoms with Gasteiger partial charge in [-0.25, -0.2) is 4.79 Å². The molecule has 0 spiro atoms. The maximum Gasteiger partial charge on any atom is 0.317 e. The van der Waals surface area contributed by atoms with E-state index in [-0.39, 0.29) is 6.03 Å². The second-order valence-corrected chi connectivity index (χ2v) is 8.81. The third-order valence-electron chi connectivity index (χ3n) is 7.04. The number of rotatable bonds is 4. The summed E-state index contributed by atoms with van der Waals surface area (Å²) < 4.78 is 5.78. The van der Waals surface area contributed by atoms with Crippen LogP contribution < -0.4 is 5.32 Å². The topological polar surface area (TPSA) is 44.8 Å². The standard InChI is InChI=1S/C20H35N3O2/c1-15-13-22(14-17-7-4-12-25-17)11-9-18(15)21-20(24)23-10-3-8-19(23)16-5-2-6-16/h15-19H,2-14H2,1H3,(H,21,24)/t15-,17+,18+,19-/m1/s1. The normalized spacial score (nSPS) is 37.2. The lowest BCUT2D eigenvalue weighted by Crippen LogP contribution is -2.55. The number of carbonyl (C=O) groups excluding carboxylic acids is 1. The molecule has 0 unspecified atom stereocenters. The van der Waals surface area contributed by atoms with E-state index in [4.69, 9.17) is 4.74 Å². The van der Waals surface area contributed by atoms with E-state index >= 15 is 0 Å². The molecule has 3 saturated heterocycles. The Morgan fingerprint density at radius 3 is 2.64 bits per heavy atom. The number of nitrogens with one attached hydrogen (secondary N) is 1. The van der Waals surface area contributed by atoms with Gasteiger partial charge >= 0.3 is 6.03 Å². The number of hydrogen-bond donors (Lipinski definition) is 1. The molecule has 0 aromatic rings. The maximum absolute atomic E-state index is 12.9. The van der Waals surface area contributed by atoms with Crippen LogP contribution in [0.5, 0.6) is 0 Å². The predicted octanol–water partition coefficient (Wildman–Crippen LogP) is 2.85. The number of hydrogen-bond acceptors (Lipinski definition) is 3. The van der Waals surface area contributed by atoms with E-state index in [0.29, 0.717) is 24.1 Å². The van der Waals surface area contributed by atoms with Crippen LogP contribution in [0.2, 0.25) is 0 Å². The lowest BCUT2D eigenvalue weighted by Gasteiger charge is -2.40. The van der Waals surface area contributed by atoms with Gasteiger partial charge in [0.2, 0.25) is 0 Å². The second-order valence-electron chi connectivity index (χ2n) is 8.81. The van der Waals surface area contributed by atoms with Gasteiger partial charge in [0.1, 0.15) is 0 Å². The molecule has 0 aromatic carbocycles. The largest absolute Gasteiger partial charge is 0.377 e. The van der Waals surface area contributed by atoms with Crippen molar-refractivity contribution in [1.82, 2.24) is 15.1 Å². The molecular formula is C20H35N3O2. The summed E-state index contributed by atoms with van der Waals surface area (Å²) in [6, 6.07) is 1.05. The van der Waals surface area contributed by atoms with Crippen molar-refractivity contribution in [2.24, 2.45) is 11.8 Å².